The summed E-state index contributed by atoms with van der Waals surface area (Å²) >= 11 is 1.24. The molecule has 38 valence electrons. The summed E-state index contributed by atoms with van der Waals surface area (Å²) in [6.45, 7) is 2.29. The SMILES string of the molecule is CC=[SH]CCO. The molecule has 0 rings (SSSR count). The van der Waals surface area contributed by atoms with Gasteiger partial charge in [0, 0.05) is 5.75 Å². The monoisotopic (exact) mass is 106 g/mol. The van der Waals surface area contributed by atoms with Crippen molar-refractivity contribution in [2.24, 2.45) is 0 Å². The van der Waals surface area contributed by atoms with Crippen LogP contribution in [0, 0.1) is 0 Å². The predicted octanol–water partition coefficient (Wildman–Crippen LogP) is 0.266. The van der Waals surface area contributed by atoms with Gasteiger partial charge in [0.05, 0.1) is 6.61 Å². The molecule has 0 aromatic heterocycles. The Hall–Kier alpha value is 0.180. The maximum absolute atomic E-state index is 8.17. The summed E-state index contributed by atoms with van der Waals surface area (Å²) in [4.78, 5) is 0. The Bertz CT molecular complexity index is 42.8. The molecule has 0 aliphatic rings. The lowest BCUT2D eigenvalue weighted by molar-refractivity contribution is 0.323. The van der Waals surface area contributed by atoms with Gasteiger partial charge in [-0.1, -0.05) is 5.37 Å². The van der Waals surface area contributed by atoms with Crippen molar-refractivity contribution in [3.05, 3.63) is 0 Å². The first-order valence-electron chi connectivity index (χ1n) is 1.97. The van der Waals surface area contributed by atoms with Gasteiger partial charge in [-0.3, -0.25) is 0 Å². The minimum Gasteiger partial charge on any atom is -0.396 e. The molecule has 0 aliphatic heterocycles. The lowest BCUT2D eigenvalue weighted by Crippen LogP contribution is -1.79. The van der Waals surface area contributed by atoms with Gasteiger partial charge in [0.1, 0.15) is 0 Å². The summed E-state index contributed by atoms with van der Waals surface area (Å²) in [7, 11) is 0. The van der Waals surface area contributed by atoms with Gasteiger partial charge in [0.2, 0.25) is 0 Å². The molecule has 0 amide bonds. The summed E-state index contributed by atoms with van der Waals surface area (Å²) < 4.78 is 0. The van der Waals surface area contributed by atoms with Gasteiger partial charge in [0.15, 0.2) is 0 Å². The fourth-order valence-corrected chi connectivity index (χ4v) is 0.561. The van der Waals surface area contributed by atoms with E-state index < -0.39 is 0 Å². The van der Waals surface area contributed by atoms with Crippen LogP contribution in [0.2, 0.25) is 0 Å². The van der Waals surface area contributed by atoms with Gasteiger partial charge in [-0.05, 0) is 6.92 Å². The van der Waals surface area contributed by atoms with E-state index in [1.165, 1.54) is 11.4 Å². The second-order valence-electron chi connectivity index (χ2n) is 0.888. The Labute approximate surface area is 42.0 Å². The van der Waals surface area contributed by atoms with Gasteiger partial charge in [0.25, 0.3) is 0 Å². The standard InChI is InChI=1S/C4H10OS/c1-2-6-4-3-5/h2,5-6H,3-4H2,1H3. The third kappa shape index (κ3) is 4.18. The van der Waals surface area contributed by atoms with Crippen molar-refractivity contribution in [1.29, 1.82) is 0 Å². The number of thiol groups is 1. The van der Waals surface area contributed by atoms with Crippen LogP contribution >= 0.6 is 11.4 Å². The van der Waals surface area contributed by atoms with Crippen LogP contribution in [0.1, 0.15) is 6.92 Å². The molecule has 1 N–H and O–H groups in total. The highest BCUT2D eigenvalue weighted by molar-refractivity contribution is 7.97. The molecule has 0 aromatic carbocycles. The number of aliphatic hydroxyl groups is 1. The van der Waals surface area contributed by atoms with E-state index in [-0.39, 0.29) is 0 Å². The third-order valence-corrected chi connectivity index (χ3v) is 1.24. The van der Waals surface area contributed by atoms with Gasteiger partial charge in [-0.15, -0.1) is 0 Å². The van der Waals surface area contributed by atoms with E-state index in [1.54, 1.807) is 0 Å². The van der Waals surface area contributed by atoms with E-state index >= 15 is 0 Å². The molecule has 0 atom stereocenters. The zero-order valence-corrected chi connectivity index (χ0v) is 4.78. The van der Waals surface area contributed by atoms with Gasteiger partial charge in [-0.2, -0.15) is 0 Å². The highest BCUT2D eigenvalue weighted by Crippen LogP contribution is 1.77. The molecule has 0 radical (unpaired) electrons. The summed E-state index contributed by atoms with van der Waals surface area (Å²) in [5.41, 5.74) is 0. The van der Waals surface area contributed by atoms with Crippen LogP contribution in [-0.4, -0.2) is 22.8 Å². The van der Waals surface area contributed by atoms with Crippen LogP contribution in [0.4, 0.5) is 0 Å². The summed E-state index contributed by atoms with van der Waals surface area (Å²) in [5.74, 6) is 0.885. The second kappa shape index (κ2) is 5.18. The molecule has 0 heterocycles. The number of rotatable bonds is 2. The van der Waals surface area contributed by atoms with Gasteiger partial charge < -0.3 is 5.11 Å². The van der Waals surface area contributed by atoms with E-state index in [0.717, 1.165) is 5.75 Å². The van der Waals surface area contributed by atoms with Crippen LogP contribution in [0.25, 0.3) is 0 Å². The molecule has 0 bridgehead atoms. The van der Waals surface area contributed by atoms with Crippen LogP contribution < -0.4 is 0 Å². The fraction of sp³-hybridized carbons (Fsp3) is 0.750. The number of hydrogen-bond acceptors (Lipinski definition) is 1. The summed E-state index contributed by atoms with van der Waals surface area (Å²) in [6, 6.07) is 0. The predicted molar refractivity (Wildman–Crippen MR) is 32.7 cm³/mol. The molecule has 1 nitrogen and oxygen atoms in total. The zero-order valence-electron chi connectivity index (χ0n) is 3.89. The van der Waals surface area contributed by atoms with Crippen molar-refractivity contribution >= 4 is 16.7 Å². The Morgan fingerprint density at radius 2 is 2.50 bits per heavy atom. The summed E-state index contributed by atoms with van der Waals surface area (Å²) in [5, 5.41) is 10.2. The first kappa shape index (κ1) is 6.18. The first-order chi connectivity index (χ1) is 2.91. The molecule has 0 saturated heterocycles. The van der Waals surface area contributed by atoms with Crippen molar-refractivity contribution in [2.75, 3.05) is 12.4 Å². The lowest BCUT2D eigenvalue weighted by atomic mass is 10.9. The van der Waals surface area contributed by atoms with E-state index in [0.29, 0.717) is 6.61 Å². The Kier molecular flexibility index (Phi) is 5.34. The molecule has 6 heavy (non-hydrogen) atoms. The van der Waals surface area contributed by atoms with Crippen LogP contribution in [0.3, 0.4) is 0 Å². The second-order valence-corrected chi connectivity index (χ2v) is 2.22. The lowest BCUT2D eigenvalue weighted by Gasteiger charge is -1.78. The zero-order chi connectivity index (χ0) is 4.83. The Morgan fingerprint density at radius 3 is 2.67 bits per heavy atom. The Morgan fingerprint density at radius 1 is 1.83 bits per heavy atom. The maximum Gasteiger partial charge on any atom is 0.0514 e. The number of hydrogen-bond donors (Lipinski definition) is 2. The highest BCUT2D eigenvalue weighted by Gasteiger charge is 1.64. The highest BCUT2D eigenvalue weighted by atomic mass is 32.1. The average molecular weight is 106 g/mol. The topological polar surface area (TPSA) is 20.2 Å². The molecule has 0 aliphatic carbocycles. The number of aliphatic hydroxyl groups excluding tert-OH is 1. The minimum atomic E-state index is 0.311. The Balaban J connectivity index is 2.66. The molecular formula is C4H10OS. The molecule has 2 heteroatoms. The van der Waals surface area contributed by atoms with Crippen molar-refractivity contribution in [1.82, 2.24) is 0 Å². The largest absolute Gasteiger partial charge is 0.396 e. The third-order valence-electron chi connectivity index (χ3n) is 0.412. The molecule has 0 aromatic rings. The van der Waals surface area contributed by atoms with Crippen LogP contribution in [-0.2, 0) is 0 Å². The first-order valence-corrected chi connectivity index (χ1v) is 3.12. The van der Waals surface area contributed by atoms with Gasteiger partial charge in [-0.25, -0.2) is 11.4 Å². The van der Waals surface area contributed by atoms with E-state index in [2.05, 4.69) is 0 Å². The van der Waals surface area contributed by atoms with E-state index in [9.17, 15) is 0 Å². The van der Waals surface area contributed by atoms with E-state index in [4.69, 9.17) is 5.11 Å². The van der Waals surface area contributed by atoms with Crippen molar-refractivity contribution < 1.29 is 5.11 Å². The van der Waals surface area contributed by atoms with Crippen molar-refractivity contribution in [3.8, 4) is 0 Å². The molecule has 0 unspecified atom stereocenters. The van der Waals surface area contributed by atoms with Crippen LogP contribution in [0.5, 0.6) is 0 Å². The van der Waals surface area contributed by atoms with E-state index in [1.807, 2.05) is 12.3 Å². The quantitative estimate of drug-likeness (QED) is 0.382. The minimum absolute atomic E-state index is 0.311. The molecular weight excluding hydrogens is 96.1 g/mol. The molecule has 0 fully saturated rings. The van der Waals surface area contributed by atoms with Crippen LogP contribution in [0.15, 0.2) is 0 Å². The fourth-order valence-electron chi connectivity index (χ4n) is 0.187. The maximum atomic E-state index is 8.17. The van der Waals surface area contributed by atoms with Crippen molar-refractivity contribution in [3.63, 3.8) is 0 Å². The summed E-state index contributed by atoms with van der Waals surface area (Å²) in [6.07, 6.45) is 0. The smallest absolute Gasteiger partial charge is 0.0514 e. The van der Waals surface area contributed by atoms with Gasteiger partial charge >= 0.3 is 0 Å². The molecule has 0 saturated carbocycles. The average Bonchev–Trinajstić information content (AvgIpc) is 1.61. The molecule has 0 spiro atoms. The van der Waals surface area contributed by atoms with Crippen molar-refractivity contribution in [2.45, 2.75) is 6.92 Å². The normalized spacial score (nSPS) is 11.7.